The van der Waals surface area contributed by atoms with Crippen LogP contribution in [0.3, 0.4) is 0 Å². The average molecular weight is 668 g/mol. The maximum absolute atomic E-state index is 15.3. The summed E-state index contributed by atoms with van der Waals surface area (Å²) < 4.78 is 17.5. The van der Waals surface area contributed by atoms with Crippen LogP contribution in [0.4, 0.5) is 14.9 Å². The van der Waals surface area contributed by atoms with E-state index in [-0.39, 0.29) is 42.3 Å². The fourth-order valence-corrected chi connectivity index (χ4v) is 7.88. The first-order valence-corrected chi connectivity index (χ1v) is 17.5. The Morgan fingerprint density at radius 2 is 1.90 bits per heavy atom. The van der Waals surface area contributed by atoms with Crippen LogP contribution in [0, 0.1) is 19.8 Å². The fourth-order valence-electron chi connectivity index (χ4n) is 7.88. The Hall–Kier alpha value is -4.35. The van der Waals surface area contributed by atoms with Crippen molar-refractivity contribution in [2.75, 3.05) is 31.1 Å². The smallest absolute Gasteiger partial charge is 0.404 e. The molecule has 0 bridgehead atoms. The highest BCUT2D eigenvalue weighted by Gasteiger charge is 2.43. The van der Waals surface area contributed by atoms with Gasteiger partial charge in [-0.3, -0.25) is 24.6 Å². The highest BCUT2D eigenvalue weighted by atomic mass is 19.1. The van der Waals surface area contributed by atoms with Gasteiger partial charge < -0.3 is 19.9 Å². The number of nitrogens with zero attached hydrogens (tertiary/aromatic N) is 6. The number of halogens is 1. The molecule has 258 valence electrons. The Labute approximate surface area is 286 Å². The number of amides is 1. The van der Waals surface area contributed by atoms with Gasteiger partial charge >= 0.3 is 6.09 Å². The normalized spacial score (nSPS) is 23.2. The zero-order chi connectivity index (χ0) is 34.1. The van der Waals surface area contributed by atoms with Crippen molar-refractivity contribution in [3.05, 3.63) is 99.9 Å². The third kappa shape index (κ3) is 7.63. The maximum Gasteiger partial charge on any atom is 0.404 e. The Morgan fingerprint density at radius 1 is 1.04 bits per heavy atom. The van der Waals surface area contributed by atoms with Gasteiger partial charge in [0.25, 0.3) is 0 Å². The second-order valence-corrected chi connectivity index (χ2v) is 14.2. The number of benzene rings is 1. The number of anilines is 1. The number of alkyl halides is 1. The highest BCUT2D eigenvalue weighted by molar-refractivity contribution is 5.79. The van der Waals surface area contributed by atoms with Crippen molar-refractivity contribution in [3.63, 3.8) is 0 Å². The number of piperidine rings is 2. The van der Waals surface area contributed by atoms with E-state index >= 15 is 4.39 Å². The van der Waals surface area contributed by atoms with E-state index in [9.17, 15) is 14.7 Å². The molecular formula is C38H46FN7O3. The van der Waals surface area contributed by atoms with Crippen LogP contribution in [-0.2, 0) is 13.2 Å². The van der Waals surface area contributed by atoms with Crippen molar-refractivity contribution in [1.29, 1.82) is 0 Å². The monoisotopic (exact) mass is 667 g/mol. The lowest BCUT2D eigenvalue weighted by Gasteiger charge is -2.41. The van der Waals surface area contributed by atoms with Crippen LogP contribution < -0.4 is 15.6 Å². The minimum Gasteiger partial charge on any atom is -0.465 e. The zero-order valence-corrected chi connectivity index (χ0v) is 28.3. The summed E-state index contributed by atoms with van der Waals surface area (Å²) in [4.78, 5) is 40.5. The van der Waals surface area contributed by atoms with Crippen molar-refractivity contribution in [3.8, 4) is 0 Å². The van der Waals surface area contributed by atoms with Crippen LogP contribution >= 0.6 is 0 Å². The molecule has 7 rings (SSSR count). The van der Waals surface area contributed by atoms with Gasteiger partial charge in [0.05, 0.1) is 24.1 Å². The molecule has 1 saturated carbocycles. The second kappa shape index (κ2) is 14.2. The summed E-state index contributed by atoms with van der Waals surface area (Å²) in [6.45, 7) is 7.86. The minimum atomic E-state index is -1.10. The number of aryl methyl sites for hydroxylation is 2. The summed E-state index contributed by atoms with van der Waals surface area (Å²) in [5.41, 5.74) is 6.09. The molecule has 3 aliphatic rings. The minimum absolute atomic E-state index is 0.0408. The average Bonchev–Trinajstić information content (AvgIpc) is 3.94. The van der Waals surface area contributed by atoms with Gasteiger partial charge in [0.15, 0.2) is 11.7 Å². The molecule has 0 radical (unpaired) electrons. The molecule has 3 fully saturated rings. The van der Waals surface area contributed by atoms with E-state index in [1.54, 1.807) is 6.07 Å². The number of hydrogen-bond donors (Lipinski definition) is 2. The molecule has 3 aromatic heterocycles. The third-order valence-electron chi connectivity index (χ3n) is 10.7. The lowest BCUT2D eigenvalue weighted by Crippen LogP contribution is -2.48. The standard InChI is InChI=1S/C38H46FN7O3/c1-25-5-7-31(20-41-25)43-14-3-4-32(22-43)45(21-27-11-13-40-26(2)16-27)24-44-15-12-36(47)33-10-6-28(17-35(33)44)34-23-46(30-8-9-30)37(39)18-29(34)19-42-38(48)49/h5-7,10-13,15-17,20,29-30,32,34,37,42H,3-4,8-9,14,18-19,21-24H2,1-2H3,(H,48,49)/t29?,32-,34?,37?/m0/s1. The van der Waals surface area contributed by atoms with E-state index in [0.29, 0.717) is 18.6 Å². The summed E-state index contributed by atoms with van der Waals surface area (Å²) in [6.07, 6.45) is 7.90. The van der Waals surface area contributed by atoms with Gasteiger partial charge in [-0.1, -0.05) is 6.07 Å². The van der Waals surface area contributed by atoms with Gasteiger partial charge in [-0.15, -0.1) is 0 Å². The topological polar surface area (TPSA) is 107 Å². The van der Waals surface area contributed by atoms with Gasteiger partial charge in [0.2, 0.25) is 0 Å². The number of likely N-dealkylation sites (tertiary alicyclic amines) is 1. The summed E-state index contributed by atoms with van der Waals surface area (Å²) in [5.74, 6) is -0.267. The molecule has 49 heavy (non-hydrogen) atoms. The highest BCUT2D eigenvalue weighted by Crippen LogP contribution is 2.41. The molecule has 2 N–H and O–H groups in total. The van der Waals surface area contributed by atoms with E-state index in [4.69, 9.17) is 0 Å². The predicted molar refractivity (Wildman–Crippen MR) is 188 cm³/mol. The molecule has 1 amide bonds. The number of carbonyl (C=O) groups is 1. The lowest BCUT2D eigenvalue weighted by atomic mass is 9.79. The first-order valence-electron chi connectivity index (χ1n) is 17.5. The SMILES string of the molecule is Cc1ccc(N2CCC[C@H](N(Cc3ccnc(C)c3)Cn3ccc(=O)c4ccc(C5CN(C6CC6)C(F)CC5CNC(=O)O)cc43)C2)cn1. The van der Waals surface area contributed by atoms with Gasteiger partial charge in [0, 0.05) is 86.0 Å². The molecule has 4 aromatic rings. The molecule has 2 saturated heterocycles. The van der Waals surface area contributed by atoms with Gasteiger partial charge in [-0.05, 0) is 99.4 Å². The van der Waals surface area contributed by atoms with Crippen LogP contribution in [0.15, 0.2) is 71.9 Å². The van der Waals surface area contributed by atoms with E-state index in [1.165, 1.54) is 5.56 Å². The summed E-state index contributed by atoms with van der Waals surface area (Å²) in [7, 11) is 0. The Kier molecular flexibility index (Phi) is 9.64. The van der Waals surface area contributed by atoms with Crippen molar-refractivity contribution in [1.82, 2.24) is 29.7 Å². The molecule has 4 atom stereocenters. The van der Waals surface area contributed by atoms with Crippen LogP contribution in [0.2, 0.25) is 0 Å². The molecule has 0 spiro atoms. The number of nitrogens with one attached hydrogen (secondary N) is 1. The van der Waals surface area contributed by atoms with Crippen LogP contribution in [0.1, 0.15) is 60.5 Å². The Bertz CT molecular complexity index is 1850. The molecule has 10 nitrogen and oxygen atoms in total. The molecule has 5 heterocycles. The van der Waals surface area contributed by atoms with Gasteiger partial charge in [-0.25, -0.2) is 9.18 Å². The molecule has 1 aromatic carbocycles. The first kappa shape index (κ1) is 33.2. The Morgan fingerprint density at radius 3 is 2.65 bits per heavy atom. The molecule has 3 unspecified atom stereocenters. The van der Waals surface area contributed by atoms with Crippen molar-refractivity contribution in [2.45, 2.75) is 83.5 Å². The second-order valence-electron chi connectivity index (χ2n) is 14.2. The number of rotatable bonds is 10. The quantitative estimate of drug-likeness (QED) is 0.209. The molecule has 1 aliphatic carbocycles. The van der Waals surface area contributed by atoms with Gasteiger partial charge in [0.1, 0.15) is 0 Å². The number of carboxylic acid groups (broad SMARTS) is 1. The van der Waals surface area contributed by atoms with Crippen LogP contribution in [-0.4, -0.2) is 80.1 Å². The fraction of sp³-hybridized carbons (Fsp3) is 0.474. The van der Waals surface area contributed by atoms with Gasteiger partial charge in [-0.2, -0.15) is 0 Å². The lowest BCUT2D eigenvalue weighted by molar-refractivity contribution is 0.00300. The van der Waals surface area contributed by atoms with E-state index in [2.05, 4.69) is 60.0 Å². The largest absolute Gasteiger partial charge is 0.465 e. The maximum atomic E-state index is 15.3. The van der Waals surface area contributed by atoms with Crippen LogP contribution in [0.5, 0.6) is 0 Å². The van der Waals surface area contributed by atoms with Crippen molar-refractivity contribution in [2.24, 2.45) is 5.92 Å². The molecule has 11 heteroatoms. The number of aromatic nitrogens is 3. The number of hydrogen-bond acceptors (Lipinski definition) is 7. The van der Waals surface area contributed by atoms with E-state index in [1.807, 2.05) is 49.5 Å². The summed E-state index contributed by atoms with van der Waals surface area (Å²) in [6, 6.07) is 16.6. The van der Waals surface area contributed by atoms with E-state index < -0.39 is 12.4 Å². The van der Waals surface area contributed by atoms with E-state index in [0.717, 1.165) is 73.5 Å². The van der Waals surface area contributed by atoms with Crippen molar-refractivity contribution < 1.29 is 14.3 Å². The number of pyridine rings is 3. The van der Waals surface area contributed by atoms with Crippen LogP contribution in [0.25, 0.3) is 10.9 Å². The first-order chi connectivity index (χ1) is 23.7. The van der Waals surface area contributed by atoms with Crippen molar-refractivity contribution >= 4 is 22.7 Å². The Balaban J connectivity index is 1.22. The zero-order valence-electron chi connectivity index (χ0n) is 28.3. The summed E-state index contributed by atoms with van der Waals surface area (Å²) in [5, 5.41) is 12.5. The third-order valence-corrected chi connectivity index (χ3v) is 10.7. The molecule has 2 aliphatic heterocycles. The predicted octanol–water partition coefficient (Wildman–Crippen LogP) is 5.67. The number of fused-ring (bicyclic) bond motifs is 1. The molecular weight excluding hydrogens is 621 g/mol. The summed E-state index contributed by atoms with van der Waals surface area (Å²) >= 11 is 0.